The molecule has 0 spiro atoms. The van der Waals surface area contributed by atoms with Crippen molar-refractivity contribution in [3.05, 3.63) is 65.8 Å². The third-order valence-electron chi connectivity index (χ3n) is 3.43. The Hall–Kier alpha value is -1.56. The molecule has 0 amide bonds. The van der Waals surface area contributed by atoms with E-state index in [0.717, 1.165) is 0 Å². The fourth-order valence-electron chi connectivity index (χ4n) is 2.70. The number of benzene rings is 1. The maximum absolute atomic E-state index is 3.81. The zero-order valence-corrected chi connectivity index (χ0v) is 10.2. The van der Waals surface area contributed by atoms with Crippen LogP contribution in [-0.4, -0.2) is 0 Å². The fraction of sp³-hybridized carbons (Fsp3) is 0.250. The molecule has 0 saturated carbocycles. The molecule has 1 aliphatic carbocycles. The molecule has 0 heteroatoms. The Bertz CT molecular complexity index is 485. The molecule has 0 bridgehead atoms. The summed E-state index contributed by atoms with van der Waals surface area (Å²) in [6.07, 6.45) is 6.20. The van der Waals surface area contributed by atoms with E-state index in [-0.39, 0.29) is 5.41 Å². The Balaban J connectivity index is 2.76. The van der Waals surface area contributed by atoms with Gasteiger partial charge in [-0.25, -0.2) is 0 Å². The van der Waals surface area contributed by atoms with Crippen molar-refractivity contribution in [2.75, 3.05) is 0 Å². The lowest BCUT2D eigenvalue weighted by atomic mass is 9.82. The van der Waals surface area contributed by atoms with Gasteiger partial charge < -0.3 is 0 Å². The molecule has 0 fully saturated rings. The van der Waals surface area contributed by atoms with Gasteiger partial charge in [0.2, 0.25) is 0 Å². The fourth-order valence-corrected chi connectivity index (χ4v) is 2.70. The first-order chi connectivity index (χ1) is 7.62. The largest absolute Gasteiger partial charge is 0.0990 e. The molecule has 0 saturated heterocycles. The zero-order valence-electron chi connectivity index (χ0n) is 10.2. The molecule has 2 rings (SSSR count). The molecule has 0 aromatic heterocycles. The molecular weight excluding hydrogens is 192 g/mol. The normalized spacial score (nSPS) is 22.4. The van der Waals surface area contributed by atoms with E-state index in [1.165, 1.54) is 22.3 Å². The van der Waals surface area contributed by atoms with E-state index < -0.39 is 0 Å². The predicted octanol–water partition coefficient (Wildman–Crippen LogP) is 4.49. The zero-order chi connectivity index (χ0) is 11.8. The molecule has 0 nitrogen and oxygen atoms in total. The molecule has 0 N–H and O–H groups in total. The molecule has 1 aliphatic rings. The van der Waals surface area contributed by atoms with E-state index >= 15 is 0 Å². The first kappa shape index (κ1) is 10.9. The Labute approximate surface area is 98.0 Å². The smallest absolute Gasteiger partial charge is 0.0155 e. The van der Waals surface area contributed by atoms with Crippen LogP contribution in [0.15, 0.2) is 54.6 Å². The van der Waals surface area contributed by atoms with Crippen molar-refractivity contribution in [1.82, 2.24) is 0 Å². The summed E-state index contributed by atoms with van der Waals surface area (Å²) >= 11 is 0. The lowest BCUT2D eigenvalue weighted by Gasteiger charge is -2.21. The topological polar surface area (TPSA) is 0 Å². The van der Waals surface area contributed by atoms with Gasteiger partial charge in [0.1, 0.15) is 0 Å². The predicted molar refractivity (Wildman–Crippen MR) is 71.4 cm³/mol. The number of hydrogen-bond donors (Lipinski definition) is 0. The molecule has 0 radical (unpaired) electrons. The monoisotopic (exact) mass is 210 g/mol. The van der Waals surface area contributed by atoms with Crippen molar-refractivity contribution >= 4 is 5.57 Å². The number of fused-ring (bicyclic) bond motifs is 1. The van der Waals surface area contributed by atoms with E-state index in [1.807, 2.05) is 6.08 Å². The second-order valence-electron chi connectivity index (χ2n) is 4.69. The average Bonchev–Trinajstić information content (AvgIpc) is 2.49. The molecule has 82 valence electrons. The van der Waals surface area contributed by atoms with Crippen LogP contribution in [0.2, 0.25) is 0 Å². The van der Waals surface area contributed by atoms with Crippen LogP contribution in [0.4, 0.5) is 0 Å². The Kier molecular flexibility index (Phi) is 2.59. The molecule has 0 aliphatic heterocycles. The van der Waals surface area contributed by atoms with E-state index in [9.17, 15) is 0 Å². The summed E-state index contributed by atoms with van der Waals surface area (Å²) in [5.74, 6) is 0. The van der Waals surface area contributed by atoms with Crippen molar-refractivity contribution in [3.63, 3.8) is 0 Å². The van der Waals surface area contributed by atoms with Gasteiger partial charge in [0.05, 0.1) is 0 Å². The third kappa shape index (κ3) is 1.37. The van der Waals surface area contributed by atoms with Crippen LogP contribution >= 0.6 is 0 Å². The quantitative estimate of drug-likeness (QED) is 0.640. The number of hydrogen-bond acceptors (Lipinski definition) is 0. The standard InChI is InChI=1S/C16H18/c1-5-9-12-13-10-7-8-11-15(13)16(3,4)14(12)6-2/h5-11H,1H2,2-4H3/b12-9-,14-6+. The van der Waals surface area contributed by atoms with E-state index in [1.54, 1.807) is 0 Å². The summed E-state index contributed by atoms with van der Waals surface area (Å²) in [4.78, 5) is 0. The van der Waals surface area contributed by atoms with Crippen molar-refractivity contribution in [1.29, 1.82) is 0 Å². The van der Waals surface area contributed by atoms with Gasteiger partial charge in [0.25, 0.3) is 0 Å². The number of allylic oxidation sites excluding steroid dienone is 5. The summed E-state index contributed by atoms with van der Waals surface area (Å²) in [5, 5.41) is 0. The second kappa shape index (κ2) is 3.79. The van der Waals surface area contributed by atoms with Crippen LogP contribution < -0.4 is 0 Å². The van der Waals surface area contributed by atoms with Gasteiger partial charge in [-0.2, -0.15) is 0 Å². The highest BCUT2D eigenvalue weighted by Gasteiger charge is 2.36. The van der Waals surface area contributed by atoms with E-state index in [0.29, 0.717) is 0 Å². The van der Waals surface area contributed by atoms with Crippen LogP contribution in [0.3, 0.4) is 0 Å². The van der Waals surface area contributed by atoms with Crippen molar-refractivity contribution in [2.24, 2.45) is 0 Å². The minimum Gasteiger partial charge on any atom is -0.0990 e. The van der Waals surface area contributed by atoms with Crippen LogP contribution in [0, 0.1) is 0 Å². The van der Waals surface area contributed by atoms with Crippen molar-refractivity contribution in [3.8, 4) is 0 Å². The lowest BCUT2D eigenvalue weighted by Crippen LogP contribution is -2.14. The minimum absolute atomic E-state index is 0.111. The molecule has 0 unspecified atom stereocenters. The summed E-state index contributed by atoms with van der Waals surface area (Å²) in [7, 11) is 0. The summed E-state index contributed by atoms with van der Waals surface area (Å²) in [5.41, 5.74) is 5.59. The summed E-state index contributed by atoms with van der Waals surface area (Å²) in [6.45, 7) is 10.5. The number of rotatable bonds is 1. The minimum atomic E-state index is 0.111. The molecule has 16 heavy (non-hydrogen) atoms. The van der Waals surface area contributed by atoms with E-state index in [2.05, 4.69) is 63.8 Å². The van der Waals surface area contributed by atoms with Crippen molar-refractivity contribution in [2.45, 2.75) is 26.2 Å². The van der Waals surface area contributed by atoms with Gasteiger partial charge in [-0.3, -0.25) is 0 Å². The molecule has 0 heterocycles. The highest BCUT2D eigenvalue weighted by Crippen LogP contribution is 2.49. The van der Waals surface area contributed by atoms with Gasteiger partial charge in [-0.1, -0.05) is 62.9 Å². The highest BCUT2D eigenvalue weighted by molar-refractivity contribution is 5.90. The van der Waals surface area contributed by atoms with Gasteiger partial charge in [-0.15, -0.1) is 0 Å². The third-order valence-corrected chi connectivity index (χ3v) is 3.43. The highest BCUT2D eigenvalue weighted by atomic mass is 14.4. The van der Waals surface area contributed by atoms with Crippen LogP contribution in [0.1, 0.15) is 31.9 Å². The van der Waals surface area contributed by atoms with Crippen LogP contribution in [-0.2, 0) is 5.41 Å². The van der Waals surface area contributed by atoms with Crippen molar-refractivity contribution < 1.29 is 0 Å². The van der Waals surface area contributed by atoms with Gasteiger partial charge in [-0.05, 0) is 29.2 Å². The van der Waals surface area contributed by atoms with Crippen LogP contribution in [0.25, 0.3) is 5.57 Å². The second-order valence-corrected chi connectivity index (χ2v) is 4.69. The van der Waals surface area contributed by atoms with E-state index in [4.69, 9.17) is 0 Å². The van der Waals surface area contributed by atoms with Gasteiger partial charge >= 0.3 is 0 Å². The molecular formula is C16H18. The first-order valence-electron chi connectivity index (χ1n) is 5.72. The van der Waals surface area contributed by atoms with Gasteiger partial charge in [0.15, 0.2) is 0 Å². The maximum Gasteiger partial charge on any atom is 0.0155 e. The van der Waals surface area contributed by atoms with Gasteiger partial charge in [0, 0.05) is 5.41 Å². The Morgan fingerprint density at radius 3 is 2.50 bits per heavy atom. The SMILES string of the molecule is C=C/C=C1\C(=C/C)C(C)(C)c2ccccc21. The maximum atomic E-state index is 3.81. The van der Waals surface area contributed by atoms with Crippen LogP contribution in [0.5, 0.6) is 0 Å². The first-order valence-corrected chi connectivity index (χ1v) is 5.72. The molecule has 1 aromatic carbocycles. The average molecular weight is 210 g/mol. The molecule has 0 atom stereocenters. The lowest BCUT2D eigenvalue weighted by molar-refractivity contribution is 0.659. The summed E-state index contributed by atoms with van der Waals surface area (Å²) < 4.78 is 0. The summed E-state index contributed by atoms with van der Waals surface area (Å²) in [6, 6.07) is 8.64. The molecule has 1 aromatic rings. The Morgan fingerprint density at radius 2 is 1.88 bits per heavy atom. The Morgan fingerprint density at radius 1 is 1.19 bits per heavy atom.